The minimum absolute atomic E-state index is 0.0536. The lowest BCUT2D eigenvalue weighted by molar-refractivity contribution is -0.122. The summed E-state index contributed by atoms with van der Waals surface area (Å²) >= 11 is 0. The molecule has 1 N–H and O–H groups in total. The zero-order valence-electron chi connectivity index (χ0n) is 14.0. The number of hydrogen-bond acceptors (Lipinski definition) is 3. The minimum atomic E-state index is -2.79. The van der Waals surface area contributed by atoms with Gasteiger partial charge in [0.1, 0.15) is 0 Å². The molecule has 2 rings (SSSR count). The molecule has 4 nitrogen and oxygen atoms in total. The molecule has 0 saturated carbocycles. The van der Waals surface area contributed by atoms with Crippen LogP contribution in [0.25, 0.3) is 0 Å². The Morgan fingerprint density at radius 3 is 2.57 bits per heavy atom. The molecule has 1 aromatic carbocycles. The maximum atomic E-state index is 12.1. The van der Waals surface area contributed by atoms with Crippen molar-refractivity contribution in [2.75, 3.05) is 18.1 Å². The van der Waals surface area contributed by atoms with Gasteiger partial charge in [-0.05, 0) is 36.2 Å². The van der Waals surface area contributed by atoms with Crippen LogP contribution in [0.2, 0.25) is 0 Å². The van der Waals surface area contributed by atoms with E-state index < -0.39 is 9.84 Å². The second kappa shape index (κ2) is 7.47. The molecule has 128 valence electrons. The predicted octanol–water partition coefficient (Wildman–Crippen LogP) is 2.69. The van der Waals surface area contributed by atoms with E-state index in [2.05, 4.69) is 19.2 Å². The van der Waals surface area contributed by atoms with E-state index in [0.717, 1.165) is 24.8 Å². The molecule has 0 spiro atoms. The average Bonchev–Trinajstić information content (AvgIpc) is 2.83. The Morgan fingerprint density at radius 1 is 1.26 bits per heavy atom. The summed E-state index contributed by atoms with van der Waals surface area (Å²) < 4.78 is 22.8. The Bertz CT molecular complexity index is 623. The van der Waals surface area contributed by atoms with Gasteiger partial charge >= 0.3 is 0 Å². The second-order valence-corrected chi connectivity index (χ2v) is 9.42. The van der Waals surface area contributed by atoms with E-state index in [4.69, 9.17) is 0 Å². The zero-order valence-corrected chi connectivity index (χ0v) is 14.9. The first-order valence-corrected chi connectivity index (χ1v) is 10.1. The van der Waals surface area contributed by atoms with Crippen LogP contribution in [0.1, 0.15) is 45.1 Å². The number of rotatable bonds is 7. The highest BCUT2D eigenvalue weighted by molar-refractivity contribution is 7.91. The van der Waals surface area contributed by atoms with Crippen LogP contribution in [0.15, 0.2) is 30.3 Å². The van der Waals surface area contributed by atoms with E-state index in [1.807, 2.05) is 30.3 Å². The Labute approximate surface area is 139 Å². The molecule has 1 heterocycles. The minimum Gasteiger partial charge on any atom is -0.356 e. The van der Waals surface area contributed by atoms with Crippen molar-refractivity contribution in [1.82, 2.24) is 5.32 Å². The molecule has 1 aliphatic rings. The van der Waals surface area contributed by atoms with Gasteiger partial charge in [-0.25, -0.2) is 8.42 Å². The predicted molar refractivity (Wildman–Crippen MR) is 93.1 cm³/mol. The van der Waals surface area contributed by atoms with E-state index in [9.17, 15) is 13.2 Å². The van der Waals surface area contributed by atoms with Gasteiger partial charge in [-0.3, -0.25) is 4.79 Å². The van der Waals surface area contributed by atoms with Crippen LogP contribution in [0, 0.1) is 5.92 Å². The molecule has 0 bridgehead atoms. The number of benzene rings is 1. The third-order valence-electron chi connectivity index (χ3n) is 4.60. The van der Waals surface area contributed by atoms with Gasteiger partial charge < -0.3 is 5.32 Å². The smallest absolute Gasteiger partial charge is 0.220 e. The molecule has 0 aliphatic carbocycles. The fraction of sp³-hybridized carbons (Fsp3) is 0.611. The summed E-state index contributed by atoms with van der Waals surface area (Å²) in [4.78, 5) is 12.1. The van der Waals surface area contributed by atoms with Crippen molar-refractivity contribution in [3.05, 3.63) is 35.9 Å². The number of nitrogens with one attached hydrogen (secondary N) is 1. The zero-order chi connectivity index (χ0) is 16.9. The van der Waals surface area contributed by atoms with Gasteiger partial charge in [0, 0.05) is 13.0 Å². The molecule has 23 heavy (non-hydrogen) atoms. The second-order valence-electron chi connectivity index (χ2n) is 7.19. The highest BCUT2D eigenvalue weighted by Gasteiger charge is 2.27. The molecule has 1 unspecified atom stereocenters. The molecule has 1 amide bonds. The van der Waals surface area contributed by atoms with Gasteiger partial charge in [-0.1, -0.05) is 44.2 Å². The van der Waals surface area contributed by atoms with Crippen LogP contribution in [-0.2, 0) is 20.0 Å². The Morgan fingerprint density at radius 2 is 1.96 bits per heavy atom. The summed E-state index contributed by atoms with van der Waals surface area (Å²) in [6, 6.07) is 10.1. The first-order valence-electron chi connectivity index (χ1n) is 8.31. The number of carbonyl (C=O) groups excluding carboxylic acids is 1. The van der Waals surface area contributed by atoms with E-state index in [0.29, 0.717) is 24.5 Å². The number of carbonyl (C=O) groups is 1. The summed E-state index contributed by atoms with van der Waals surface area (Å²) in [6.45, 7) is 4.77. The lowest BCUT2D eigenvalue weighted by Gasteiger charge is -2.24. The lowest BCUT2D eigenvalue weighted by atomic mass is 9.81. The topological polar surface area (TPSA) is 63.2 Å². The fourth-order valence-corrected chi connectivity index (χ4v) is 5.08. The molecule has 1 saturated heterocycles. The summed E-state index contributed by atoms with van der Waals surface area (Å²) in [5.41, 5.74) is 0.969. The number of amides is 1. The van der Waals surface area contributed by atoms with Crippen LogP contribution >= 0.6 is 0 Å². The number of hydrogen-bond donors (Lipinski definition) is 1. The SMILES string of the molecule is CC(C)(CC(=O)NCCCC1CCS(=O)(=O)C1)c1ccccc1. The molecular weight excluding hydrogens is 310 g/mol. The standard InChI is InChI=1S/C18H27NO3S/c1-18(2,16-8-4-3-5-9-16)13-17(20)19-11-6-7-15-10-12-23(21,22)14-15/h3-5,8-9,15H,6-7,10-14H2,1-2H3,(H,19,20). The van der Waals surface area contributed by atoms with Gasteiger partial charge in [0.15, 0.2) is 9.84 Å². The van der Waals surface area contributed by atoms with Crippen molar-refractivity contribution in [3.8, 4) is 0 Å². The molecule has 1 atom stereocenters. The first-order chi connectivity index (χ1) is 10.8. The van der Waals surface area contributed by atoms with Crippen LogP contribution in [-0.4, -0.2) is 32.4 Å². The van der Waals surface area contributed by atoms with Crippen molar-refractivity contribution in [2.24, 2.45) is 5.92 Å². The van der Waals surface area contributed by atoms with Crippen LogP contribution in [0.5, 0.6) is 0 Å². The van der Waals surface area contributed by atoms with Crippen LogP contribution < -0.4 is 5.32 Å². The maximum absolute atomic E-state index is 12.1. The average molecular weight is 337 g/mol. The first kappa shape index (κ1) is 18.0. The van der Waals surface area contributed by atoms with Gasteiger partial charge in [0.05, 0.1) is 11.5 Å². The molecule has 1 aliphatic heterocycles. The number of sulfone groups is 1. The summed E-state index contributed by atoms with van der Waals surface area (Å²) in [7, 11) is -2.79. The highest BCUT2D eigenvalue weighted by atomic mass is 32.2. The molecule has 1 fully saturated rings. The summed E-state index contributed by atoms with van der Waals surface area (Å²) in [5, 5.41) is 2.96. The van der Waals surface area contributed by atoms with Gasteiger partial charge in [0.2, 0.25) is 5.91 Å². The van der Waals surface area contributed by atoms with Crippen molar-refractivity contribution >= 4 is 15.7 Å². The van der Waals surface area contributed by atoms with Crippen LogP contribution in [0.4, 0.5) is 0 Å². The normalized spacial score (nSPS) is 20.3. The highest BCUT2D eigenvalue weighted by Crippen LogP contribution is 2.26. The Hall–Kier alpha value is -1.36. The molecule has 0 radical (unpaired) electrons. The van der Waals surface area contributed by atoms with E-state index >= 15 is 0 Å². The quantitative estimate of drug-likeness (QED) is 0.778. The van der Waals surface area contributed by atoms with Gasteiger partial charge in [0.25, 0.3) is 0 Å². The van der Waals surface area contributed by atoms with Crippen LogP contribution in [0.3, 0.4) is 0 Å². The van der Waals surface area contributed by atoms with Crippen molar-refractivity contribution in [2.45, 2.75) is 44.9 Å². The Kier molecular flexibility index (Phi) is 5.84. The van der Waals surface area contributed by atoms with E-state index in [1.54, 1.807) is 0 Å². The van der Waals surface area contributed by atoms with Crippen molar-refractivity contribution in [3.63, 3.8) is 0 Å². The fourth-order valence-electron chi connectivity index (χ4n) is 3.17. The van der Waals surface area contributed by atoms with Crippen molar-refractivity contribution in [1.29, 1.82) is 0 Å². The van der Waals surface area contributed by atoms with Gasteiger partial charge in [-0.15, -0.1) is 0 Å². The monoisotopic (exact) mass is 337 g/mol. The lowest BCUT2D eigenvalue weighted by Crippen LogP contribution is -2.31. The van der Waals surface area contributed by atoms with E-state index in [1.165, 1.54) is 0 Å². The molecular formula is C18H27NO3S. The summed E-state index contributed by atoms with van der Waals surface area (Å²) in [6.07, 6.45) is 2.95. The third-order valence-corrected chi connectivity index (χ3v) is 6.43. The maximum Gasteiger partial charge on any atom is 0.220 e. The largest absolute Gasteiger partial charge is 0.356 e. The molecule has 5 heteroatoms. The summed E-state index contributed by atoms with van der Waals surface area (Å²) in [5.74, 6) is 0.979. The third kappa shape index (κ3) is 5.65. The van der Waals surface area contributed by atoms with E-state index in [-0.39, 0.29) is 17.2 Å². The molecule has 0 aromatic heterocycles. The van der Waals surface area contributed by atoms with Gasteiger partial charge in [-0.2, -0.15) is 0 Å². The Balaban J connectivity index is 1.69. The van der Waals surface area contributed by atoms with Crippen molar-refractivity contribution < 1.29 is 13.2 Å². The molecule has 1 aromatic rings.